The highest BCUT2D eigenvalue weighted by Crippen LogP contribution is 2.11. The molecular formula is C7H16N4. The highest BCUT2D eigenvalue weighted by atomic mass is 15.5. The molecule has 0 aromatic heterocycles. The monoisotopic (exact) mass is 156 g/mol. The molecule has 1 aliphatic rings. The van der Waals surface area contributed by atoms with Gasteiger partial charge in [-0.1, -0.05) is 0 Å². The molecule has 1 rings (SSSR count). The first-order valence-corrected chi connectivity index (χ1v) is 3.76. The lowest BCUT2D eigenvalue weighted by atomic mass is 10.0. The standard InChI is InChI=1S/C7H16N4/c1-7(2,11(3)4)6-8-5-9-10-6/h9H,5H2,1-4H3,(H,8,10). The topological polar surface area (TPSA) is 39.7 Å². The molecule has 0 bridgehead atoms. The summed E-state index contributed by atoms with van der Waals surface area (Å²) in [6.07, 6.45) is 0. The van der Waals surface area contributed by atoms with Crippen LogP contribution in [0.25, 0.3) is 0 Å². The Hall–Kier alpha value is -0.610. The van der Waals surface area contributed by atoms with Crippen molar-refractivity contribution in [3.05, 3.63) is 0 Å². The van der Waals surface area contributed by atoms with E-state index >= 15 is 0 Å². The summed E-state index contributed by atoms with van der Waals surface area (Å²) in [5, 5.41) is 0. The number of nitrogens with zero attached hydrogens (tertiary/aromatic N) is 2. The Kier molecular flexibility index (Phi) is 2.15. The van der Waals surface area contributed by atoms with Gasteiger partial charge in [0.1, 0.15) is 12.5 Å². The number of rotatable bonds is 2. The van der Waals surface area contributed by atoms with E-state index in [1.807, 2.05) is 14.1 Å². The van der Waals surface area contributed by atoms with Gasteiger partial charge in [-0.05, 0) is 27.9 Å². The zero-order valence-electron chi connectivity index (χ0n) is 7.60. The van der Waals surface area contributed by atoms with Gasteiger partial charge in [0.05, 0.1) is 5.54 Å². The van der Waals surface area contributed by atoms with Crippen LogP contribution in [0.4, 0.5) is 0 Å². The summed E-state index contributed by atoms with van der Waals surface area (Å²) >= 11 is 0. The third-order valence-electron chi connectivity index (χ3n) is 2.22. The minimum absolute atomic E-state index is 0.0104. The first-order valence-electron chi connectivity index (χ1n) is 3.76. The van der Waals surface area contributed by atoms with Crippen LogP contribution in [0.15, 0.2) is 4.99 Å². The van der Waals surface area contributed by atoms with Crippen LogP contribution < -0.4 is 10.9 Å². The van der Waals surface area contributed by atoms with Crippen LogP contribution in [-0.2, 0) is 0 Å². The molecule has 64 valence electrons. The maximum Gasteiger partial charge on any atom is 0.132 e. The Morgan fingerprint density at radius 3 is 2.45 bits per heavy atom. The summed E-state index contributed by atoms with van der Waals surface area (Å²) in [6, 6.07) is 0. The van der Waals surface area contributed by atoms with Crippen LogP contribution in [0.1, 0.15) is 13.8 Å². The second-order valence-electron chi connectivity index (χ2n) is 3.42. The summed E-state index contributed by atoms with van der Waals surface area (Å²) < 4.78 is 0. The molecule has 0 fully saturated rings. The van der Waals surface area contributed by atoms with E-state index < -0.39 is 0 Å². The molecule has 0 aromatic rings. The third-order valence-corrected chi connectivity index (χ3v) is 2.22. The molecule has 0 spiro atoms. The van der Waals surface area contributed by atoms with Crippen molar-refractivity contribution in [1.82, 2.24) is 15.8 Å². The predicted molar refractivity (Wildman–Crippen MR) is 46.3 cm³/mol. The van der Waals surface area contributed by atoms with Crippen LogP contribution >= 0.6 is 0 Å². The zero-order valence-corrected chi connectivity index (χ0v) is 7.60. The first-order chi connectivity index (χ1) is 5.05. The van der Waals surface area contributed by atoms with E-state index in [0.717, 1.165) is 5.84 Å². The zero-order chi connectivity index (χ0) is 8.48. The molecule has 0 saturated heterocycles. The number of aliphatic imine (C=N–C) groups is 1. The van der Waals surface area contributed by atoms with E-state index in [0.29, 0.717) is 6.67 Å². The summed E-state index contributed by atoms with van der Waals surface area (Å²) in [5.41, 5.74) is 5.98. The third kappa shape index (κ3) is 1.52. The summed E-state index contributed by atoms with van der Waals surface area (Å²) in [5.74, 6) is 1.00. The molecule has 0 aromatic carbocycles. The van der Waals surface area contributed by atoms with Crippen molar-refractivity contribution in [1.29, 1.82) is 0 Å². The van der Waals surface area contributed by atoms with E-state index in [-0.39, 0.29) is 5.54 Å². The van der Waals surface area contributed by atoms with Gasteiger partial charge in [0.15, 0.2) is 0 Å². The fraction of sp³-hybridized carbons (Fsp3) is 0.857. The molecule has 1 heterocycles. The van der Waals surface area contributed by atoms with Gasteiger partial charge in [-0.25, -0.2) is 5.43 Å². The van der Waals surface area contributed by atoms with Gasteiger partial charge in [-0.2, -0.15) is 0 Å². The molecule has 4 heteroatoms. The van der Waals surface area contributed by atoms with E-state index in [4.69, 9.17) is 0 Å². The Labute approximate surface area is 67.6 Å². The van der Waals surface area contributed by atoms with Gasteiger partial charge in [0.25, 0.3) is 0 Å². The van der Waals surface area contributed by atoms with E-state index in [1.165, 1.54) is 0 Å². The Morgan fingerprint density at radius 1 is 1.45 bits per heavy atom. The van der Waals surface area contributed by atoms with Crippen molar-refractivity contribution in [2.24, 2.45) is 4.99 Å². The van der Waals surface area contributed by atoms with Gasteiger partial charge >= 0.3 is 0 Å². The van der Waals surface area contributed by atoms with E-state index in [2.05, 4.69) is 34.6 Å². The highest BCUT2D eigenvalue weighted by Gasteiger charge is 2.28. The molecule has 0 saturated carbocycles. The lowest BCUT2D eigenvalue weighted by Gasteiger charge is -2.32. The fourth-order valence-corrected chi connectivity index (χ4v) is 0.840. The Morgan fingerprint density at radius 2 is 2.09 bits per heavy atom. The Balaban J connectivity index is 2.70. The number of nitrogens with one attached hydrogen (secondary N) is 2. The van der Waals surface area contributed by atoms with Crippen molar-refractivity contribution in [3.63, 3.8) is 0 Å². The summed E-state index contributed by atoms with van der Waals surface area (Å²) in [4.78, 5) is 6.41. The summed E-state index contributed by atoms with van der Waals surface area (Å²) in [6.45, 7) is 4.93. The number of hydrogen-bond donors (Lipinski definition) is 2. The maximum absolute atomic E-state index is 4.28. The number of likely N-dealkylation sites (N-methyl/N-ethyl adjacent to an activating group) is 1. The maximum atomic E-state index is 4.28. The average molecular weight is 156 g/mol. The second kappa shape index (κ2) is 2.79. The summed E-state index contributed by atoms with van der Waals surface area (Å²) in [7, 11) is 4.09. The van der Waals surface area contributed by atoms with E-state index in [1.54, 1.807) is 0 Å². The van der Waals surface area contributed by atoms with Gasteiger partial charge in [0.2, 0.25) is 0 Å². The lowest BCUT2D eigenvalue weighted by Crippen LogP contribution is -2.52. The van der Waals surface area contributed by atoms with Gasteiger partial charge in [-0.3, -0.25) is 9.89 Å². The predicted octanol–water partition coefficient (Wildman–Crippen LogP) is -0.210. The van der Waals surface area contributed by atoms with Crippen LogP contribution in [-0.4, -0.2) is 37.0 Å². The van der Waals surface area contributed by atoms with Crippen LogP contribution in [0, 0.1) is 0 Å². The fourth-order valence-electron chi connectivity index (χ4n) is 0.840. The molecule has 1 aliphatic heterocycles. The van der Waals surface area contributed by atoms with Crippen LogP contribution in [0.3, 0.4) is 0 Å². The molecule has 2 N–H and O–H groups in total. The molecule has 0 atom stereocenters. The van der Waals surface area contributed by atoms with Crippen molar-refractivity contribution < 1.29 is 0 Å². The average Bonchev–Trinajstić information content (AvgIpc) is 2.37. The largest absolute Gasteiger partial charge is 0.306 e. The van der Waals surface area contributed by atoms with E-state index in [9.17, 15) is 0 Å². The molecule has 0 unspecified atom stereocenters. The van der Waals surface area contributed by atoms with Crippen molar-refractivity contribution in [2.75, 3.05) is 20.8 Å². The van der Waals surface area contributed by atoms with Gasteiger partial charge in [0, 0.05) is 0 Å². The number of hydrazine groups is 1. The van der Waals surface area contributed by atoms with Gasteiger partial charge in [-0.15, -0.1) is 0 Å². The van der Waals surface area contributed by atoms with Gasteiger partial charge < -0.3 is 5.43 Å². The molecule has 0 aliphatic carbocycles. The molecule has 0 radical (unpaired) electrons. The molecular weight excluding hydrogens is 140 g/mol. The van der Waals surface area contributed by atoms with Crippen molar-refractivity contribution >= 4 is 5.84 Å². The van der Waals surface area contributed by atoms with Crippen molar-refractivity contribution in [2.45, 2.75) is 19.4 Å². The first kappa shape index (κ1) is 8.49. The molecule has 0 amide bonds. The lowest BCUT2D eigenvalue weighted by molar-refractivity contribution is 0.269. The number of amidine groups is 1. The van der Waals surface area contributed by atoms with Crippen LogP contribution in [0.5, 0.6) is 0 Å². The van der Waals surface area contributed by atoms with Crippen molar-refractivity contribution in [3.8, 4) is 0 Å². The minimum atomic E-state index is -0.0104. The van der Waals surface area contributed by atoms with Crippen LogP contribution in [0.2, 0.25) is 0 Å². The normalized spacial score (nSPS) is 18.5. The number of hydrogen-bond acceptors (Lipinski definition) is 4. The quantitative estimate of drug-likeness (QED) is 0.581. The molecule has 11 heavy (non-hydrogen) atoms. The molecule has 4 nitrogen and oxygen atoms in total. The Bertz CT molecular complexity index is 171. The highest BCUT2D eigenvalue weighted by molar-refractivity contribution is 5.91. The minimum Gasteiger partial charge on any atom is -0.306 e. The smallest absolute Gasteiger partial charge is 0.132 e. The SMILES string of the molecule is CN(C)C(C)(C)C1=NCNN1. The second-order valence-corrected chi connectivity index (χ2v) is 3.42.